The summed E-state index contributed by atoms with van der Waals surface area (Å²) < 4.78 is 0. The van der Waals surface area contributed by atoms with Gasteiger partial charge in [0.05, 0.1) is 11.4 Å². The first-order chi connectivity index (χ1) is 15.8. The average Bonchev–Trinajstić information content (AvgIpc) is 2.85. The predicted octanol–water partition coefficient (Wildman–Crippen LogP) is 8.16. The molecule has 0 unspecified atom stereocenters. The van der Waals surface area contributed by atoms with E-state index >= 15 is 0 Å². The summed E-state index contributed by atoms with van der Waals surface area (Å²) in [5.74, 6) is 0. The fourth-order valence-corrected chi connectivity index (χ4v) is 4.71. The van der Waals surface area contributed by atoms with Gasteiger partial charge in [-0.3, -0.25) is 4.99 Å². The van der Waals surface area contributed by atoms with Crippen LogP contribution < -0.4 is 0 Å². The second kappa shape index (κ2) is 7.62. The lowest BCUT2D eigenvalue weighted by Crippen LogP contribution is -2.13. The van der Waals surface area contributed by atoms with Gasteiger partial charge in [0, 0.05) is 12.0 Å². The van der Waals surface area contributed by atoms with Crippen LogP contribution in [0.5, 0.6) is 0 Å². The van der Waals surface area contributed by atoms with Crippen LogP contribution in [0.15, 0.2) is 114 Å². The van der Waals surface area contributed by atoms with Gasteiger partial charge in [0.25, 0.3) is 0 Å². The molecular formula is C31H23N. The molecule has 0 fully saturated rings. The van der Waals surface area contributed by atoms with Gasteiger partial charge in [0.1, 0.15) is 0 Å². The van der Waals surface area contributed by atoms with Crippen molar-refractivity contribution < 1.29 is 0 Å². The first-order valence-corrected chi connectivity index (χ1v) is 11.1. The molecule has 0 aromatic heterocycles. The summed E-state index contributed by atoms with van der Waals surface area (Å²) in [4.78, 5) is 5.12. The maximum absolute atomic E-state index is 5.12. The zero-order valence-corrected chi connectivity index (χ0v) is 18.0. The van der Waals surface area contributed by atoms with Crippen LogP contribution in [0.4, 0.5) is 5.69 Å². The van der Waals surface area contributed by atoms with Gasteiger partial charge < -0.3 is 0 Å². The molecule has 0 spiro atoms. The van der Waals surface area contributed by atoms with Crippen LogP contribution >= 0.6 is 0 Å². The van der Waals surface area contributed by atoms with Crippen molar-refractivity contribution in [1.82, 2.24) is 0 Å². The summed E-state index contributed by atoms with van der Waals surface area (Å²) in [6.07, 6.45) is 0.854. The second-order valence-electron chi connectivity index (χ2n) is 8.50. The van der Waals surface area contributed by atoms with Crippen molar-refractivity contribution in [2.24, 2.45) is 4.99 Å². The van der Waals surface area contributed by atoms with Crippen molar-refractivity contribution in [3.05, 3.63) is 126 Å². The summed E-state index contributed by atoms with van der Waals surface area (Å²) >= 11 is 0. The van der Waals surface area contributed by atoms with E-state index in [0.29, 0.717) is 0 Å². The van der Waals surface area contributed by atoms with Crippen LogP contribution in [-0.4, -0.2) is 5.71 Å². The van der Waals surface area contributed by atoms with Gasteiger partial charge in [0.15, 0.2) is 0 Å². The lowest BCUT2D eigenvalue weighted by Gasteiger charge is -2.23. The molecule has 0 radical (unpaired) electrons. The van der Waals surface area contributed by atoms with E-state index in [9.17, 15) is 0 Å². The van der Waals surface area contributed by atoms with Crippen molar-refractivity contribution in [2.45, 2.75) is 13.3 Å². The van der Waals surface area contributed by atoms with E-state index < -0.39 is 0 Å². The van der Waals surface area contributed by atoms with E-state index in [2.05, 4.69) is 116 Å². The number of hydrogen-bond acceptors (Lipinski definition) is 1. The number of benzene rings is 5. The highest BCUT2D eigenvalue weighted by Gasteiger charge is 2.21. The zero-order chi connectivity index (χ0) is 21.5. The SMILES string of the molecule is Cc1ccccc1N=C1Cc2ccccc2-c2cc(-c3ccc4ccccc4c3)ccc21. The summed E-state index contributed by atoms with van der Waals surface area (Å²) in [6.45, 7) is 2.12. The molecule has 1 aliphatic rings. The Hall–Kier alpha value is -3.97. The van der Waals surface area contributed by atoms with Gasteiger partial charge in [-0.25, -0.2) is 0 Å². The van der Waals surface area contributed by atoms with Crippen molar-refractivity contribution in [3.8, 4) is 22.3 Å². The molecule has 0 aliphatic heterocycles. The lowest BCUT2D eigenvalue weighted by atomic mass is 9.82. The number of fused-ring (bicyclic) bond motifs is 4. The van der Waals surface area contributed by atoms with Crippen LogP contribution in [0.1, 0.15) is 16.7 Å². The first-order valence-electron chi connectivity index (χ1n) is 11.1. The van der Waals surface area contributed by atoms with Gasteiger partial charge in [-0.2, -0.15) is 0 Å². The molecule has 152 valence electrons. The fraction of sp³-hybridized carbons (Fsp3) is 0.0645. The molecule has 5 aromatic rings. The summed E-state index contributed by atoms with van der Waals surface area (Å²) in [7, 11) is 0. The molecule has 0 saturated carbocycles. The Kier molecular flexibility index (Phi) is 4.47. The number of nitrogens with zero attached hydrogens (tertiary/aromatic N) is 1. The molecule has 32 heavy (non-hydrogen) atoms. The standard InChI is InChI=1S/C31H23N/c1-21-8-2-7-13-30(21)32-31-20-26-11-5-6-12-27(26)29-19-25(16-17-28(29)31)24-15-14-22-9-3-4-10-23(22)18-24/h2-19H,20H2,1H3. The minimum atomic E-state index is 0.854. The van der Waals surface area contributed by atoms with E-state index in [1.54, 1.807) is 0 Å². The average molecular weight is 410 g/mol. The molecule has 0 saturated heterocycles. The molecule has 0 N–H and O–H groups in total. The molecule has 0 bridgehead atoms. The van der Waals surface area contributed by atoms with Crippen LogP contribution in [0.2, 0.25) is 0 Å². The largest absolute Gasteiger partial charge is 0.252 e. The van der Waals surface area contributed by atoms with Crippen molar-refractivity contribution in [1.29, 1.82) is 0 Å². The highest BCUT2D eigenvalue weighted by Crippen LogP contribution is 2.38. The molecule has 5 aromatic carbocycles. The molecule has 0 amide bonds. The molecule has 0 atom stereocenters. The normalized spacial score (nSPS) is 13.7. The maximum Gasteiger partial charge on any atom is 0.0662 e. The number of hydrogen-bond donors (Lipinski definition) is 0. The number of aliphatic imine (C=N–C) groups is 1. The monoisotopic (exact) mass is 409 g/mol. The van der Waals surface area contributed by atoms with E-state index in [1.807, 2.05) is 0 Å². The van der Waals surface area contributed by atoms with Crippen molar-refractivity contribution in [2.75, 3.05) is 0 Å². The number of rotatable bonds is 2. The van der Waals surface area contributed by atoms with Gasteiger partial charge in [0.2, 0.25) is 0 Å². The Bertz CT molecular complexity index is 1510. The molecule has 6 rings (SSSR count). The highest BCUT2D eigenvalue weighted by atomic mass is 14.8. The highest BCUT2D eigenvalue weighted by molar-refractivity contribution is 6.12. The van der Waals surface area contributed by atoms with Crippen molar-refractivity contribution >= 4 is 22.2 Å². The smallest absolute Gasteiger partial charge is 0.0662 e. The van der Waals surface area contributed by atoms with E-state index in [4.69, 9.17) is 4.99 Å². The summed E-state index contributed by atoms with van der Waals surface area (Å²) in [5.41, 5.74) is 11.0. The Labute approximate surface area is 188 Å². The van der Waals surface area contributed by atoms with Crippen LogP contribution in [-0.2, 0) is 6.42 Å². The van der Waals surface area contributed by atoms with Crippen molar-refractivity contribution in [3.63, 3.8) is 0 Å². The first kappa shape index (κ1) is 18.8. The summed E-state index contributed by atoms with van der Waals surface area (Å²) in [5, 5.41) is 2.54. The van der Waals surface area contributed by atoms with Crippen LogP contribution in [0.25, 0.3) is 33.0 Å². The summed E-state index contributed by atoms with van der Waals surface area (Å²) in [6, 6.07) is 39.2. The molecule has 1 aliphatic carbocycles. The van der Waals surface area contributed by atoms with Crippen LogP contribution in [0.3, 0.4) is 0 Å². The van der Waals surface area contributed by atoms with E-state index in [0.717, 1.165) is 17.8 Å². The number of para-hydroxylation sites is 1. The fourth-order valence-electron chi connectivity index (χ4n) is 4.71. The Morgan fingerprint density at radius 1 is 0.562 bits per heavy atom. The third kappa shape index (κ3) is 3.23. The third-order valence-corrected chi connectivity index (χ3v) is 6.45. The van der Waals surface area contributed by atoms with Crippen LogP contribution in [0, 0.1) is 6.92 Å². The Balaban J connectivity index is 1.53. The van der Waals surface area contributed by atoms with Gasteiger partial charge in [-0.15, -0.1) is 0 Å². The minimum absolute atomic E-state index is 0.854. The predicted molar refractivity (Wildman–Crippen MR) is 136 cm³/mol. The molecule has 1 nitrogen and oxygen atoms in total. The van der Waals surface area contributed by atoms with Gasteiger partial charge in [-0.05, 0) is 69.3 Å². The third-order valence-electron chi connectivity index (χ3n) is 6.45. The number of aryl methyl sites for hydroxylation is 1. The minimum Gasteiger partial charge on any atom is -0.252 e. The maximum atomic E-state index is 5.12. The Morgan fingerprint density at radius 2 is 1.28 bits per heavy atom. The Morgan fingerprint density at radius 3 is 2.19 bits per heavy atom. The lowest BCUT2D eigenvalue weighted by molar-refractivity contribution is 1.26. The van der Waals surface area contributed by atoms with Gasteiger partial charge >= 0.3 is 0 Å². The molecule has 1 heteroatoms. The quantitative estimate of drug-likeness (QED) is 0.279. The van der Waals surface area contributed by atoms with Gasteiger partial charge in [-0.1, -0.05) is 91.0 Å². The van der Waals surface area contributed by atoms with E-state index in [-0.39, 0.29) is 0 Å². The molecule has 0 heterocycles. The second-order valence-corrected chi connectivity index (χ2v) is 8.50. The zero-order valence-electron chi connectivity index (χ0n) is 18.0. The topological polar surface area (TPSA) is 12.4 Å². The molecular weight excluding hydrogens is 386 g/mol. The van der Waals surface area contributed by atoms with E-state index in [1.165, 1.54) is 49.7 Å².